The molecule has 1 unspecified atom stereocenters. The molecule has 0 fully saturated rings. The van der Waals surface area contributed by atoms with Gasteiger partial charge in [0.05, 0.1) is 39.1 Å². The number of carbonyl (C=O) groups is 4. The predicted molar refractivity (Wildman–Crippen MR) is 238 cm³/mol. The van der Waals surface area contributed by atoms with Crippen molar-refractivity contribution in [1.82, 2.24) is 5.32 Å². The number of hydrogen-bond donors (Lipinski definition) is 4. The van der Waals surface area contributed by atoms with E-state index < -0.39 is 12.0 Å². The Morgan fingerprint density at radius 2 is 1.12 bits per heavy atom. The monoisotopic (exact) mass is 842 g/mol. The Bertz CT molecular complexity index is 1020. The number of hydrogen-bond acceptors (Lipinski definition) is 11. The molecule has 0 aliphatic rings. The average Bonchev–Trinajstić information content (AvgIpc) is 3.21. The van der Waals surface area contributed by atoms with Crippen molar-refractivity contribution in [2.75, 3.05) is 59.8 Å². The highest BCUT2D eigenvalue weighted by molar-refractivity contribution is 5.79. The van der Waals surface area contributed by atoms with Gasteiger partial charge in [0.1, 0.15) is 11.9 Å². The van der Waals surface area contributed by atoms with Crippen LogP contribution in [0.25, 0.3) is 0 Å². The minimum atomic E-state index is -0.955. The lowest BCUT2D eigenvalue weighted by Gasteiger charge is -2.14. The van der Waals surface area contributed by atoms with E-state index in [0.717, 1.165) is 32.1 Å². The summed E-state index contributed by atoms with van der Waals surface area (Å²) in [5.41, 5.74) is 11.5. The van der Waals surface area contributed by atoms with E-state index in [1.807, 2.05) is 51.1 Å². The van der Waals surface area contributed by atoms with Crippen LogP contribution in [0.15, 0.2) is 30.3 Å². The van der Waals surface area contributed by atoms with Crippen LogP contribution in [-0.4, -0.2) is 101 Å². The van der Waals surface area contributed by atoms with Crippen LogP contribution in [0, 0.1) is 0 Å². The minimum Gasteiger partial charge on any atom is -0.481 e. The first kappa shape index (κ1) is 60.4. The van der Waals surface area contributed by atoms with Crippen molar-refractivity contribution < 1.29 is 48.0 Å². The molecule has 0 aliphatic carbocycles. The van der Waals surface area contributed by atoms with E-state index in [4.69, 9.17) is 35.5 Å². The summed E-state index contributed by atoms with van der Waals surface area (Å²) in [4.78, 5) is 42.7. The molecule has 13 nitrogen and oxygen atoms in total. The summed E-state index contributed by atoms with van der Waals surface area (Å²) in [5, 5.41) is 11.2. The lowest BCUT2D eigenvalue weighted by atomic mass is 10.0. The molecular formula is C46H87N3O10. The zero-order valence-corrected chi connectivity index (χ0v) is 37.9. The maximum Gasteiger partial charge on any atom is 0.303 e. The molecule has 6 N–H and O–H groups in total. The maximum absolute atomic E-state index is 11.8. The van der Waals surface area contributed by atoms with Crippen molar-refractivity contribution in [1.29, 1.82) is 0 Å². The fraction of sp³-hybridized carbons (Fsp3) is 0.783. The Balaban J connectivity index is -0.000000831. The Morgan fingerprint density at radius 3 is 1.47 bits per heavy atom. The second-order valence-electron chi connectivity index (χ2n) is 15.3. The Hall–Kier alpha value is -2.94. The van der Waals surface area contributed by atoms with E-state index in [2.05, 4.69) is 17.0 Å². The number of aliphatic carboxylic acids is 1. The van der Waals surface area contributed by atoms with Crippen LogP contribution in [0.2, 0.25) is 0 Å². The molecule has 0 heterocycles. The first-order valence-corrected chi connectivity index (χ1v) is 22.2. The third-order valence-electron chi connectivity index (χ3n) is 8.47. The Labute approximate surface area is 358 Å². The van der Waals surface area contributed by atoms with Crippen LogP contribution in [-0.2, 0) is 49.5 Å². The number of aldehydes is 1. The molecule has 1 atom stereocenters. The van der Waals surface area contributed by atoms with Gasteiger partial charge in [0.15, 0.2) is 0 Å². The molecule has 1 aromatic rings. The third-order valence-corrected chi connectivity index (χ3v) is 8.47. The fourth-order valence-corrected chi connectivity index (χ4v) is 5.19. The van der Waals surface area contributed by atoms with Gasteiger partial charge in [-0.05, 0) is 65.1 Å². The number of benzene rings is 1. The number of methoxy groups -OCH3 is 1. The average molecular weight is 842 g/mol. The van der Waals surface area contributed by atoms with Gasteiger partial charge < -0.3 is 50.4 Å². The normalized spacial score (nSPS) is 11.1. The Kier molecular flexibility index (Phi) is 50.6. The molecule has 0 radical (unpaired) electrons. The van der Waals surface area contributed by atoms with Gasteiger partial charge in [0.2, 0.25) is 5.91 Å². The van der Waals surface area contributed by atoms with Gasteiger partial charge in [-0.15, -0.1) is 0 Å². The lowest BCUT2D eigenvalue weighted by Crippen LogP contribution is -2.36. The molecule has 59 heavy (non-hydrogen) atoms. The van der Waals surface area contributed by atoms with Gasteiger partial charge in [-0.2, -0.15) is 0 Å². The second-order valence-corrected chi connectivity index (χ2v) is 15.3. The van der Waals surface area contributed by atoms with E-state index in [0.29, 0.717) is 78.5 Å². The number of unbranched alkanes of at least 4 members (excludes halogenated alkanes) is 14. The number of nitrogens with two attached hydrogens (primary N) is 2. The smallest absolute Gasteiger partial charge is 0.303 e. The van der Waals surface area contributed by atoms with Gasteiger partial charge in [0, 0.05) is 33.2 Å². The van der Waals surface area contributed by atoms with Crippen LogP contribution in [0.4, 0.5) is 0 Å². The van der Waals surface area contributed by atoms with Crippen molar-refractivity contribution in [3.8, 4) is 0 Å². The maximum atomic E-state index is 11.8. The molecule has 0 bridgehead atoms. The van der Waals surface area contributed by atoms with E-state index in [1.54, 1.807) is 7.11 Å². The zero-order valence-electron chi connectivity index (χ0n) is 37.9. The van der Waals surface area contributed by atoms with Crippen molar-refractivity contribution in [3.05, 3.63) is 35.9 Å². The van der Waals surface area contributed by atoms with Crippen LogP contribution >= 0.6 is 0 Å². The van der Waals surface area contributed by atoms with E-state index in [9.17, 15) is 19.2 Å². The molecule has 1 aromatic carbocycles. The van der Waals surface area contributed by atoms with Crippen molar-refractivity contribution in [2.24, 2.45) is 11.5 Å². The highest BCUT2D eigenvalue weighted by Gasteiger charge is 2.12. The van der Waals surface area contributed by atoms with E-state index in [1.165, 1.54) is 82.6 Å². The zero-order chi connectivity index (χ0) is 44.5. The highest BCUT2D eigenvalue weighted by Crippen LogP contribution is 2.14. The SMILES string of the molecule is CC(C)(C)OC=O.CCCCCCCCCCCCCCCCCC(=O)NC(C=O)CCC(=O)O.COCc1ccccc1.NCCCOCCOCCOCCCN. The van der Waals surface area contributed by atoms with Gasteiger partial charge in [-0.3, -0.25) is 14.4 Å². The molecule has 0 aliphatic heterocycles. The summed E-state index contributed by atoms with van der Waals surface area (Å²) in [6, 6.07) is 9.43. The number of carboxylic acids is 1. The molecule has 0 spiro atoms. The molecule has 1 rings (SSSR count). The summed E-state index contributed by atoms with van der Waals surface area (Å²) in [6.45, 7) is 14.2. The van der Waals surface area contributed by atoms with Crippen LogP contribution < -0.4 is 16.8 Å². The number of ether oxygens (including phenoxy) is 5. The predicted octanol–water partition coefficient (Wildman–Crippen LogP) is 8.32. The molecule has 0 aromatic heterocycles. The number of amides is 1. The molecule has 0 saturated heterocycles. The largest absolute Gasteiger partial charge is 0.481 e. The first-order chi connectivity index (χ1) is 28.5. The number of rotatable bonds is 36. The molecule has 346 valence electrons. The second kappa shape index (κ2) is 49.4. The van der Waals surface area contributed by atoms with E-state index >= 15 is 0 Å². The van der Waals surface area contributed by atoms with Gasteiger partial charge >= 0.3 is 5.97 Å². The van der Waals surface area contributed by atoms with Crippen molar-refractivity contribution >= 4 is 24.6 Å². The van der Waals surface area contributed by atoms with Gasteiger partial charge in [-0.25, -0.2) is 0 Å². The summed E-state index contributed by atoms with van der Waals surface area (Å²) in [7, 11) is 1.70. The number of nitrogens with one attached hydrogen (secondary N) is 1. The van der Waals surface area contributed by atoms with Gasteiger partial charge in [-0.1, -0.05) is 127 Å². The standard InChI is InChI=1S/C23H43NO4.C10H24N2O3.C8H10O.C5H10O2/c1-2-3-4-5-6-7-8-9-10-11-12-13-14-15-16-17-22(26)24-21(20-25)18-19-23(27)28;11-3-1-5-13-7-9-15-10-8-14-6-2-4-12;1-9-7-8-5-3-2-4-6-8;1-5(2,3)7-4-6/h20-21H,2-19H2,1H3,(H,24,26)(H,27,28);1-12H2;2-6H,7H2,1H3;4H,1-3H3. The minimum absolute atomic E-state index is 0.108. The topological polar surface area (TPSA) is 199 Å². The van der Waals surface area contributed by atoms with Crippen molar-refractivity contribution in [3.63, 3.8) is 0 Å². The number of carbonyl (C=O) groups excluding carboxylic acids is 3. The lowest BCUT2D eigenvalue weighted by molar-refractivity contribution is -0.139. The quantitative estimate of drug-likeness (QED) is 0.0373. The third kappa shape index (κ3) is 57.2. The summed E-state index contributed by atoms with van der Waals surface area (Å²) in [5.74, 6) is -1.11. The molecule has 13 heteroatoms. The fourth-order valence-electron chi connectivity index (χ4n) is 5.19. The summed E-state index contributed by atoms with van der Waals surface area (Å²) < 4.78 is 25.3. The van der Waals surface area contributed by atoms with Crippen LogP contribution in [0.1, 0.15) is 162 Å². The summed E-state index contributed by atoms with van der Waals surface area (Å²) >= 11 is 0. The molecule has 0 saturated carbocycles. The summed E-state index contributed by atoms with van der Waals surface area (Å²) in [6.07, 6.45) is 22.2. The molecular weight excluding hydrogens is 755 g/mol. The molecule has 1 amide bonds. The van der Waals surface area contributed by atoms with E-state index in [-0.39, 0.29) is 24.3 Å². The van der Waals surface area contributed by atoms with Gasteiger partial charge in [0.25, 0.3) is 6.47 Å². The van der Waals surface area contributed by atoms with Crippen molar-refractivity contribution in [2.45, 2.75) is 174 Å². The van der Waals surface area contributed by atoms with Crippen LogP contribution in [0.3, 0.4) is 0 Å². The van der Waals surface area contributed by atoms with Crippen LogP contribution in [0.5, 0.6) is 0 Å². The first-order valence-electron chi connectivity index (χ1n) is 22.2. The number of carboxylic acid groups (broad SMARTS) is 1. The highest BCUT2D eigenvalue weighted by atomic mass is 16.5. The Morgan fingerprint density at radius 1 is 0.678 bits per heavy atom.